The Morgan fingerprint density at radius 3 is 2.45 bits per heavy atom. The summed E-state index contributed by atoms with van der Waals surface area (Å²) in [4.78, 5) is 0.0566. The highest BCUT2D eigenvalue weighted by Gasteiger charge is 2.19. The van der Waals surface area contributed by atoms with Crippen LogP contribution in [0.2, 0.25) is 10.0 Å². The molecule has 6 heteroatoms. The van der Waals surface area contributed by atoms with Crippen molar-refractivity contribution in [3.63, 3.8) is 0 Å². The largest absolute Gasteiger partial charge is 0.399 e. The van der Waals surface area contributed by atoms with Crippen molar-refractivity contribution in [3.05, 3.63) is 58.1 Å². The Balaban J connectivity index is 2.24. The van der Waals surface area contributed by atoms with Gasteiger partial charge in [-0.15, -0.1) is 0 Å². The number of halogens is 2. The van der Waals surface area contributed by atoms with Crippen LogP contribution in [0, 0.1) is 0 Å². The highest BCUT2D eigenvalue weighted by atomic mass is 35.5. The van der Waals surface area contributed by atoms with Crippen LogP contribution in [-0.2, 0) is 16.3 Å². The van der Waals surface area contributed by atoms with Crippen molar-refractivity contribution in [3.8, 4) is 0 Å². The van der Waals surface area contributed by atoms with Gasteiger partial charge in [-0.05, 0) is 36.2 Å². The lowest BCUT2D eigenvalue weighted by Gasteiger charge is -2.08. The molecule has 0 atom stereocenters. The van der Waals surface area contributed by atoms with Crippen LogP contribution in [0.3, 0.4) is 0 Å². The lowest BCUT2D eigenvalue weighted by molar-refractivity contribution is 0.595. The van der Waals surface area contributed by atoms with Gasteiger partial charge in [-0.3, -0.25) is 0 Å². The first-order chi connectivity index (χ1) is 9.40. The third-order valence-corrected chi connectivity index (χ3v) is 5.35. The minimum Gasteiger partial charge on any atom is -0.399 e. The summed E-state index contributed by atoms with van der Waals surface area (Å²) in [7, 11) is -3.50. The van der Waals surface area contributed by atoms with Crippen molar-refractivity contribution in [2.45, 2.75) is 11.3 Å². The normalized spacial score (nSPS) is 11.5. The van der Waals surface area contributed by atoms with Crippen LogP contribution in [0.25, 0.3) is 0 Å². The van der Waals surface area contributed by atoms with Crippen LogP contribution in [0.5, 0.6) is 0 Å². The van der Waals surface area contributed by atoms with Gasteiger partial charge in [-0.1, -0.05) is 41.4 Å². The first-order valence-electron chi connectivity index (χ1n) is 5.91. The summed E-state index contributed by atoms with van der Waals surface area (Å²) in [5.41, 5.74) is 7.18. The molecule has 2 rings (SSSR count). The average Bonchev–Trinajstić information content (AvgIpc) is 2.40. The van der Waals surface area contributed by atoms with E-state index in [9.17, 15) is 8.42 Å². The van der Waals surface area contributed by atoms with Gasteiger partial charge in [0.05, 0.1) is 15.7 Å². The molecule has 0 saturated heterocycles. The number of sulfone groups is 1. The molecule has 0 radical (unpaired) electrons. The summed E-state index contributed by atoms with van der Waals surface area (Å²) in [6.07, 6.45) is 0.331. The summed E-state index contributed by atoms with van der Waals surface area (Å²) < 4.78 is 24.6. The van der Waals surface area contributed by atoms with E-state index in [1.54, 1.807) is 18.2 Å². The zero-order chi connectivity index (χ0) is 14.8. The zero-order valence-corrected chi connectivity index (χ0v) is 12.8. The molecule has 0 fully saturated rings. The number of hydrogen-bond acceptors (Lipinski definition) is 3. The number of para-hydroxylation sites is 1. The van der Waals surface area contributed by atoms with E-state index in [0.717, 1.165) is 5.56 Å². The van der Waals surface area contributed by atoms with Crippen molar-refractivity contribution < 1.29 is 8.42 Å². The molecule has 20 heavy (non-hydrogen) atoms. The van der Waals surface area contributed by atoms with Gasteiger partial charge in [0.15, 0.2) is 9.84 Å². The molecule has 0 aromatic heterocycles. The number of anilines is 1. The highest BCUT2D eigenvalue weighted by molar-refractivity contribution is 7.91. The predicted octanol–water partition coefficient (Wildman–Crippen LogP) is 3.59. The standard InChI is InChI=1S/C14H13Cl2NO2S/c15-11-5-6-12(16)14(9-11)20(18,19)8-7-10-3-1-2-4-13(10)17/h1-6,9H,7-8,17H2. The third kappa shape index (κ3) is 3.45. The Bertz CT molecular complexity index is 730. The Hall–Kier alpha value is -1.23. The van der Waals surface area contributed by atoms with E-state index in [4.69, 9.17) is 28.9 Å². The van der Waals surface area contributed by atoms with Crippen LogP contribution in [0.4, 0.5) is 5.69 Å². The maximum absolute atomic E-state index is 12.3. The molecular formula is C14H13Cl2NO2S. The summed E-state index contributed by atoms with van der Waals surface area (Å²) in [6, 6.07) is 11.6. The molecule has 0 heterocycles. The Morgan fingerprint density at radius 2 is 1.75 bits per heavy atom. The lowest BCUT2D eigenvalue weighted by atomic mass is 10.1. The van der Waals surface area contributed by atoms with Gasteiger partial charge in [0, 0.05) is 10.7 Å². The first kappa shape index (κ1) is 15.2. The molecule has 3 nitrogen and oxygen atoms in total. The van der Waals surface area contributed by atoms with Crippen LogP contribution in [0.15, 0.2) is 47.4 Å². The Morgan fingerprint density at radius 1 is 1.05 bits per heavy atom. The van der Waals surface area contributed by atoms with Crippen molar-refractivity contribution in [2.75, 3.05) is 11.5 Å². The molecule has 0 aliphatic heterocycles. The van der Waals surface area contributed by atoms with Crippen molar-refractivity contribution in [2.24, 2.45) is 0 Å². The second-order valence-electron chi connectivity index (χ2n) is 4.34. The van der Waals surface area contributed by atoms with E-state index in [0.29, 0.717) is 17.1 Å². The Labute approximate surface area is 128 Å². The molecule has 106 valence electrons. The molecule has 2 N–H and O–H groups in total. The van der Waals surface area contributed by atoms with Gasteiger partial charge < -0.3 is 5.73 Å². The maximum atomic E-state index is 12.3. The number of nitrogen functional groups attached to an aromatic ring is 1. The first-order valence-corrected chi connectivity index (χ1v) is 8.32. The average molecular weight is 330 g/mol. The van der Waals surface area contributed by atoms with Crippen molar-refractivity contribution in [1.82, 2.24) is 0 Å². The van der Waals surface area contributed by atoms with Crippen LogP contribution in [0.1, 0.15) is 5.56 Å². The van der Waals surface area contributed by atoms with E-state index < -0.39 is 9.84 Å². The summed E-state index contributed by atoms with van der Waals surface area (Å²) in [6.45, 7) is 0. The van der Waals surface area contributed by atoms with Gasteiger partial charge in [0.1, 0.15) is 0 Å². The van der Waals surface area contributed by atoms with E-state index in [1.807, 2.05) is 12.1 Å². The fraction of sp³-hybridized carbons (Fsp3) is 0.143. The molecule has 0 saturated carbocycles. The van der Waals surface area contributed by atoms with Gasteiger partial charge >= 0.3 is 0 Å². The van der Waals surface area contributed by atoms with Crippen LogP contribution >= 0.6 is 23.2 Å². The van der Waals surface area contributed by atoms with Gasteiger partial charge in [-0.2, -0.15) is 0 Å². The highest BCUT2D eigenvalue weighted by Crippen LogP contribution is 2.26. The Kier molecular flexibility index (Phi) is 4.58. The topological polar surface area (TPSA) is 60.2 Å². The lowest BCUT2D eigenvalue weighted by Crippen LogP contribution is -2.10. The van der Waals surface area contributed by atoms with Gasteiger partial charge in [0.2, 0.25) is 0 Å². The number of nitrogens with two attached hydrogens (primary N) is 1. The smallest absolute Gasteiger partial charge is 0.180 e. The molecule has 0 unspecified atom stereocenters. The SMILES string of the molecule is Nc1ccccc1CCS(=O)(=O)c1cc(Cl)ccc1Cl. The second-order valence-corrected chi connectivity index (χ2v) is 7.26. The summed E-state index contributed by atoms with van der Waals surface area (Å²) in [5.74, 6) is -0.0682. The molecule has 0 aliphatic carbocycles. The number of hydrogen-bond donors (Lipinski definition) is 1. The van der Waals surface area contributed by atoms with Gasteiger partial charge in [-0.25, -0.2) is 8.42 Å². The minimum absolute atomic E-state index is 0.0566. The number of aryl methyl sites for hydroxylation is 1. The monoisotopic (exact) mass is 329 g/mol. The summed E-state index contributed by atoms with van der Waals surface area (Å²) >= 11 is 11.8. The molecular weight excluding hydrogens is 317 g/mol. The predicted molar refractivity (Wildman–Crippen MR) is 83.1 cm³/mol. The fourth-order valence-corrected chi connectivity index (χ4v) is 3.92. The minimum atomic E-state index is -3.50. The molecule has 2 aromatic carbocycles. The van der Waals surface area contributed by atoms with E-state index in [-0.39, 0.29) is 15.7 Å². The van der Waals surface area contributed by atoms with E-state index in [2.05, 4.69) is 0 Å². The molecule has 0 bridgehead atoms. The molecule has 0 amide bonds. The molecule has 2 aromatic rings. The maximum Gasteiger partial charge on any atom is 0.180 e. The summed E-state index contributed by atoms with van der Waals surface area (Å²) in [5, 5.41) is 0.516. The number of benzene rings is 2. The van der Waals surface area contributed by atoms with Crippen molar-refractivity contribution in [1.29, 1.82) is 0 Å². The molecule has 0 spiro atoms. The van der Waals surface area contributed by atoms with Gasteiger partial charge in [0.25, 0.3) is 0 Å². The van der Waals surface area contributed by atoms with Crippen LogP contribution < -0.4 is 5.73 Å². The molecule has 0 aliphatic rings. The zero-order valence-electron chi connectivity index (χ0n) is 10.5. The third-order valence-electron chi connectivity index (χ3n) is 2.92. The van der Waals surface area contributed by atoms with E-state index >= 15 is 0 Å². The van der Waals surface area contributed by atoms with Crippen LogP contribution in [-0.4, -0.2) is 14.2 Å². The quantitative estimate of drug-likeness (QED) is 0.872. The van der Waals surface area contributed by atoms with E-state index in [1.165, 1.54) is 12.1 Å². The number of rotatable bonds is 4. The second kappa shape index (κ2) is 6.04. The fourth-order valence-electron chi connectivity index (χ4n) is 1.83. The van der Waals surface area contributed by atoms with Crippen molar-refractivity contribution >= 4 is 38.7 Å².